The van der Waals surface area contributed by atoms with Gasteiger partial charge in [-0.05, 0) is 38.4 Å². The van der Waals surface area contributed by atoms with Gasteiger partial charge in [0.25, 0.3) is 0 Å². The third kappa shape index (κ3) is 4.61. The van der Waals surface area contributed by atoms with E-state index in [1.807, 2.05) is 0 Å². The van der Waals surface area contributed by atoms with Crippen molar-refractivity contribution in [2.75, 3.05) is 26.9 Å². The van der Waals surface area contributed by atoms with Crippen LogP contribution in [0, 0.1) is 0 Å². The highest BCUT2D eigenvalue weighted by Crippen LogP contribution is 2.34. The zero-order valence-electron chi connectivity index (χ0n) is 13.4. The standard InChI is InChI=1S/C17H27NO3/c1-4-7-20-8-5-6-18-12-15-11-17-14(9-13(2)21-17)10-16(15)19-3/h10-11,13,18H,4-9,12H2,1-3H3. The monoisotopic (exact) mass is 293 g/mol. The molecule has 118 valence electrons. The van der Waals surface area contributed by atoms with Crippen molar-refractivity contribution in [2.45, 2.75) is 45.8 Å². The fourth-order valence-electron chi connectivity index (χ4n) is 2.58. The summed E-state index contributed by atoms with van der Waals surface area (Å²) in [7, 11) is 1.73. The molecule has 2 rings (SSSR count). The molecule has 1 N–H and O–H groups in total. The second-order valence-electron chi connectivity index (χ2n) is 5.55. The van der Waals surface area contributed by atoms with Gasteiger partial charge in [0.2, 0.25) is 0 Å². The van der Waals surface area contributed by atoms with E-state index in [-0.39, 0.29) is 6.10 Å². The average Bonchev–Trinajstić information content (AvgIpc) is 2.84. The smallest absolute Gasteiger partial charge is 0.123 e. The van der Waals surface area contributed by atoms with Gasteiger partial charge in [-0.15, -0.1) is 0 Å². The minimum absolute atomic E-state index is 0.267. The first-order valence-electron chi connectivity index (χ1n) is 7.89. The number of fused-ring (bicyclic) bond motifs is 1. The molecule has 0 aromatic heterocycles. The van der Waals surface area contributed by atoms with Gasteiger partial charge in [0, 0.05) is 37.3 Å². The van der Waals surface area contributed by atoms with Gasteiger partial charge >= 0.3 is 0 Å². The van der Waals surface area contributed by atoms with Crippen LogP contribution in [0.4, 0.5) is 0 Å². The second kappa shape index (κ2) is 8.25. The van der Waals surface area contributed by atoms with Crippen LogP contribution in [0.1, 0.15) is 37.8 Å². The highest BCUT2D eigenvalue weighted by Gasteiger charge is 2.21. The number of hydrogen-bond acceptors (Lipinski definition) is 4. The Bertz CT molecular complexity index is 448. The molecule has 4 nitrogen and oxygen atoms in total. The van der Waals surface area contributed by atoms with Crippen molar-refractivity contribution in [1.82, 2.24) is 5.32 Å². The number of ether oxygens (including phenoxy) is 3. The Morgan fingerprint density at radius 3 is 2.95 bits per heavy atom. The maximum atomic E-state index is 5.82. The van der Waals surface area contributed by atoms with E-state index in [0.29, 0.717) is 0 Å². The summed E-state index contributed by atoms with van der Waals surface area (Å²) in [6, 6.07) is 4.22. The number of nitrogens with one attached hydrogen (secondary N) is 1. The first kappa shape index (κ1) is 16.1. The highest BCUT2D eigenvalue weighted by atomic mass is 16.5. The lowest BCUT2D eigenvalue weighted by Gasteiger charge is -2.12. The molecule has 0 saturated heterocycles. The van der Waals surface area contributed by atoms with Crippen molar-refractivity contribution in [3.05, 3.63) is 23.3 Å². The summed E-state index contributed by atoms with van der Waals surface area (Å²) in [4.78, 5) is 0. The summed E-state index contributed by atoms with van der Waals surface area (Å²) < 4.78 is 16.8. The Kier molecular flexibility index (Phi) is 6.33. The van der Waals surface area contributed by atoms with Gasteiger partial charge in [-0.1, -0.05) is 6.92 Å². The number of rotatable bonds is 9. The van der Waals surface area contributed by atoms with Gasteiger partial charge < -0.3 is 19.5 Å². The van der Waals surface area contributed by atoms with Crippen molar-refractivity contribution >= 4 is 0 Å². The lowest BCUT2D eigenvalue weighted by Crippen LogP contribution is -2.17. The van der Waals surface area contributed by atoms with Crippen LogP contribution in [0.15, 0.2) is 12.1 Å². The molecule has 1 aromatic carbocycles. The second-order valence-corrected chi connectivity index (χ2v) is 5.55. The predicted molar refractivity (Wildman–Crippen MR) is 84.2 cm³/mol. The Morgan fingerprint density at radius 1 is 1.33 bits per heavy atom. The van der Waals surface area contributed by atoms with Crippen molar-refractivity contribution in [3.8, 4) is 11.5 Å². The zero-order chi connectivity index (χ0) is 15.1. The summed E-state index contributed by atoms with van der Waals surface area (Å²) in [5.74, 6) is 1.95. The molecule has 1 aromatic rings. The van der Waals surface area contributed by atoms with E-state index in [4.69, 9.17) is 14.2 Å². The van der Waals surface area contributed by atoms with E-state index in [1.54, 1.807) is 7.11 Å². The minimum atomic E-state index is 0.267. The molecule has 0 saturated carbocycles. The fraction of sp³-hybridized carbons (Fsp3) is 0.647. The normalized spacial score (nSPS) is 16.6. The van der Waals surface area contributed by atoms with Crippen LogP contribution >= 0.6 is 0 Å². The van der Waals surface area contributed by atoms with Crippen LogP contribution in [0.2, 0.25) is 0 Å². The Hall–Kier alpha value is -1.26. The molecule has 1 heterocycles. The molecule has 21 heavy (non-hydrogen) atoms. The SMILES string of the molecule is CCCOCCCNCc1cc2c(cc1OC)CC(C)O2. The number of benzene rings is 1. The van der Waals surface area contributed by atoms with E-state index in [0.717, 1.165) is 62.6 Å². The number of hydrogen-bond donors (Lipinski definition) is 1. The molecule has 0 aliphatic carbocycles. The Balaban J connectivity index is 1.81. The molecule has 1 aliphatic rings. The molecule has 0 spiro atoms. The van der Waals surface area contributed by atoms with Crippen LogP contribution < -0.4 is 14.8 Å². The van der Waals surface area contributed by atoms with Crippen LogP contribution in [0.3, 0.4) is 0 Å². The predicted octanol–water partition coefficient (Wildman–Crippen LogP) is 2.92. The largest absolute Gasteiger partial charge is 0.496 e. The van der Waals surface area contributed by atoms with Crippen molar-refractivity contribution < 1.29 is 14.2 Å². The van der Waals surface area contributed by atoms with Crippen molar-refractivity contribution in [2.24, 2.45) is 0 Å². The van der Waals surface area contributed by atoms with Gasteiger partial charge in [0.05, 0.1) is 7.11 Å². The summed E-state index contributed by atoms with van der Waals surface area (Å²) in [6.07, 6.45) is 3.34. The third-order valence-corrected chi connectivity index (χ3v) is 3.61. The maximum absolute atomic E-state index is 5.82. The molecular formula is C17H27NO3. The van der Waals surface area contributed by atoms with Gasteiger partial charge in [0.1, 0.15) is 17.6 Å². The van der Waals surface area contributed by atoms with Gasteiger partial charge in [0.15, 0.2) is 0 Å². The third-order valence-electron chi connectivity index (χ3n) is 3.61. The molecule has 0 fully saturated rings. The van der Waals surface area contributed by atoms with E-state index < -0.39 is 0 Å². The van der Waals surface area contributed by atoms with Crippen LogP contribution in [0.5, 0.6) is 11.5 Å². The molecule has 0 radical (unpaired) electrons. The maximum Gasteiger partial charge on any atom is 0.123 e. The van der Waals surface area contributed by atoms with Gasteiger partial charge in [-0.25, -0.2) is 0 Å². The molecule has 1 atom stereocenters. The van der Waals surface area contributed by atoms with E-state index in [9.17, 15) is 0 Å². The van der Waals surface area contributed by atoms with Gasteiger partial charge in [-0.3, -0.25) is 0 Å². The van der Waals surface area contributed by atoms with Crippen molar-refractivity contribution in [3.63, 3.8) is 0 Å². The van der Waals surface area contributed by atoms with Crippen LogP contribution in [0.25, 0.3) is 0 Å². The molecule has 0 bridgehead atoms. The first-order valence-corrected chi connectivity index (χ1v) is 7.89. The molecular weight excluding hydrogens is 266 g/mol. The molecule has 4 heteroatoms. The lowest BCUT2D eigenvalue weighted by atomic mass is 10.1. The summed E-state index contributed by atoms with van der Waals surface area (Å²) in [5.41, 5.74) is 2.40. The van der Waals surface area contributed by atoms with E-state index in [1.165, 1.54) is 5.56 Å². The minimum Gasteiger partial charge on any atom is -0.496 e. The quantitative estimate of drug-likeness (QED) is 0.711. The molecule has 1 unspecified atom stereocenters. The van der Waals surface area contributed by atoms with Crippen LogP contribution in [-0.2, 0) is 17.7 Å². The van der Waals surface area contributed by atoms with Crippen LogP contribution in [-0.4, -0.2) is 33.0 Å². The van der Waals surface area contributed by atoms with E-state index in [2.05, 4.69) is 31.3 Å². The van der Waals surface area contributed by atoms with Crippen molar-refractivity contribution in [1.29, 1.82) is 0 Å². The number of methoxy groups -OCH3 is 1. The molecule has 0 amide bonds. The topological polar surface area (TPSA) is 39.7 Å². The average molecular weight is 293 g/mol. The Morgan fingerprint density at radius 2 is 2.19 bits per heavy atom. The Labute approximate surface area is 127 Å². The zero-order valence-corrected chi connectivity index (χ0v) is 13.4. The van der Waals surface area contributed by atoms with Gasteiger partial charge in [-0.2, -0.15) is 0 Å². The molecule has 1 aliphatic heterocycles. The van der Waals surface area contributed by atoms with E-state index >= 15 is 0 Å². The summed E-state index contributed by atoms with van der Waals surface area (Å²) in [5, 5.41) is 3.44. The first-order chi connectivity index (χ1) is 10.2. The highest BCUT2D eigenvalue weighted by molar-refractivity contribution is 5.48. The fourth-order valence-corrected chi connectivity index (χ4v) is 2.58. The lowest BCUT2D eigenvalue weighted by molar-refractivity contribution is 0.132. The summed E-state index contributed by atoms with van der Waals surface area (Å²) in [6.45, 7) is 7.64. The summed E-state index contributed by atoms with van der Waals surface area (Å²) >= 11 is 0.